The normalized spacial score (nSPS) is 9.57. The Morgan fingerprint density at radius 3 is 2.29 bits per heavy atom. The highest BCUT2D eigenvalue weighted by Gasteiger charge is 2.22. The van der Waals surface area contributed by atoms with Crippen LogP contribution in [0.5, 0.6) is 0 Å². The molecule has 7 heteroatoms. The van der Waals surface area contributed by atoms with Crippen LogP contribution in [0.15, 0.2) is 0 Å². The van der Waals surface area contributed by atoms with Crippen molar-refractivity contribution in [2.45, 2.75) is 20.3 Å². The van der Waals surface area contributed by atoms with Crippen LogP contribution in [-0.4, -0.2) is 16.2 Å². The molecule has 0 aliphatic heterocycles. The van der Waals surface area contributed by atoms with Crippen LogP contribution in [0.2, 0.25) is 0 Å². The fourth-order valence-corrected chi connectivity index (χ4v) is 0.713. The van der Waals surface area contributed by atoms with E-state index in [-0.39, 0.29) is 11.1 Å². The molecule has 14 heavy (non-hydrogen) atoms. The minimum atomic E-state index is -3.01. The van der Waals surface area contributed by atoms with Crippen molar-refractivity contribution >= 4 is 6.29 Å². The van der Waals surface area contributed by atoms with Gasteiger partial charge < -0.3 is 5.84 Å². The molecule has 0 aliphatic carbocycles. The maximum absolute atomic E-state index is 12.6. The molecule has 1 aromatic rings. The topological polar surface area (TPSA) is 60.9 Å². The Morgan fingerprint density at radius 2 is 2.00 bits per heavy atom. The van der Waals surface area contributed by atoms with E-state index in [4.69, 9.17) is 5.84 Å². The van der Waals surface area contributed by atoms with Crippen LogP contribution in [0.25, 0.3) is 0 Å². The van der Waals surface area contributed by atoms with Crippen LogP contribution >= 0.6 is 0 Å². The Balaban J connectivity index is 0.000000791. The van der Waals surface area contributed by atoms with Crippen LogP contribution in [-0.2, 0) is 0 Å². The molecule has 0 atom stereocenters. The molecule has 1 aromatic heterocycles. The number of carbonyl (C=O) groups is 1. The molecular weight excluding hydrogens is 199 g/mol. The highest BCUT2D eigenvalue weighted by Crippen LogP contribution is 2.21. The molecule has 1 heterocycles. The summed E-state index contributed by atoms with van der Waals surface area (Å²) in [5, 5.41) is 2.92. The van der Waals surface area contributed by atoms with E-state index in [1.165, 1.54) is 0 Å². The van der Waals surface area contributed by atoms with Crippen molar-refractivity contribution in [3.63, 3.8) is 0 Å². The highest BCUT2D eigenvalue weighted by atomic mass is 19.3. The summed E-state index contributed by atoms with van der Waals surface area (Å²) in [5.74, 6) is 3.53. The molecule has 0 aromatic carbocycles. The molecule has 0 bridgehead atoms. The molecule has 2 N–H and O–H groups in total. The average Bonchev–Trinajstić information content (AvgIpc) is 2.47. The quantitative estimate of drug-likeness (QED) is 0.593. The van der Waals surface area contributed by atoms with Crippen molar-refractivity contribution in [3.8, 4) is 0 Å². The van der Waals surface area contributed by atoms with E-state index in [1.807, 2.05) is 13.8 Å². The summed E-state index contributed by atoms with van der Waals surface area (Å²) >= 11 is 0. The van der Waals surface area contributed by atoms with Gasteiger partial charge in [-0.1, -0.05) is 13.8 Å². The first-order valence-electron chi connectivity index (χ1n) is 3.84. The zero-order valence-corrected chi connectivity index (χ0v) is 7.67. The number of hydrogen-bond acceptors (Lipinski definition) is 3. The molecule has 1 rings (SSSR count). The van der Waals surface area contributed by atoms with Gasteiger partial charge in [0.2, 0.25) is 5.95 Å². The first-order chi connectivity index (χ1) is 6.57. The number of nitrogen functional groups attached to an aromatic ring is 1. The molecule has 0 radical (unpaired) electrons. The number of alkyl halides is 2. The monoisotopic (exact) mass is 209 g/mol. The number of nitrogens with two attached hydrogens (primary N) is 1. The van der Waals surface area contributed by atoms with E-state index in [9.17, 15) is 18.0 Å². The average molecular weight is 209 g/mol. The lowest BCUT2D eigenvalue weighted by molar-refractivity contribution is 0.110. The number of aldehydes is 1. The van der Waals surface area contributed by atoms with Gasteiger partial charge in [0.1, 0.15) is 11.3 Å². The molecule has 0 saturated heterocycles. The van der Waals surface area contributed by atoms with Crippen LogP contribution in [0.1, 0.15) is 36.3 Å². The van der Waals surface area contributed by atoms with Gasteiger partial charge in [-0.3, -0.25) is 4.79 Å². The summed E-state index contributed by atoms with van der Waals surface area (Å²) in [6, 6.07) is 0. The van der Waals surface area contributed by atoms with Crippen LogP contribution in [0.3, 0.4) is 0 Å². The SMILES string of the molecule is CC.Nn1nc(C(F)F)c(C=O)c1F. The van der Waals surface area contributed by atoms with E-state index in [1.54, 1.807) is 0 Å². The number of hydrogen-bond donors (Lipinski definition) is 1. The second kappa shape index (κ2) is 5.25. The van der Waals surface area contributed by atoms with Gasteiger partial charge in [-0.05, 0) is 0 Å². The molecule has 4 nitrogen and oxygen atoms in total. The van der Waals surface area contributed by atoms with Gasteiger partial charge in [0.05, 0.1) is 0 Å². The summed E-state index contributed by atoms with van der Waals surface area (Å²) in [4.78, 5) is 10.2. The number of halogens is 3. The summed E-state index contributed by atoms with van der Waals surface area (Å²) < 4.78 is 36.5. The second-order valence-corrected chi connectivity index (χ2v) is 1.95. The van der Waals surface area contributed by atoms with Crippen molar-refractivity contribution < 1.29 is 18.0 Å². The van der Waals surface area contributed by atoms with Crippen molar-refractivity contribution in [1.29, 1.82) is 0 Å². The molecule has 0 aliphatic rings. The highest BCUT2D eigenvalue weighted by molar-refractivity contribution is 5.76. The third-order valence-electron chi connectivity index (χ3n) is 1.24. The number of nitrogens with zero attached hydrogens (tertiary/aromatic N) is 2. The molecule has 0 spiro atoms. The zero-order valence-electron chi connectivity index (χ0n) is 7.67. The molecular formula is C7H10F3N3O. The van der Waals surface area contributed by atoms with E-state index < -0.39 is 23.6 Å². The lowest BCUT2D eigenvalue weighted by atomic mass is 10.3. The fraction of sp³-hybridized carbons (Fsp3) is 0.429. The van der Waals surface area contributed by atoms with Crippen molar-refractivity contribution in [2.75, 3.05) is 5.84 Å². The Bertz CT molecular complexity index is 311. The van der Waals surface area contributed by atoms with Crippen LogP contribution in [0.4, 0.5) is 13.2 Å². The van der Waals surface area contributed by atoms with E-state index in [0.717, 1.165) is 0 Å². The van der Waals surface area contributed by atoms with Gasteiger partial charge >= 0.3 is 0 Å². The first kappa shape index (κ1) is 12.5. The lowest BCUT2D eigenvalue weighted by Gasteiger charge is -1.90. The van der Waals surface area contributed by atoms with E-state index >= 15 is 0 Å². The van der Waals surface area contributed by atoms with E-state index in [2.05, 4.69) is 5.10 Å². The Morgan fingerprint density at radius 1 is 1.50 bits per heavy atom. The first-order valence-corrected chi connectivity index (χ1v) is 3.84. The van der Waals surface area contributed by atoms with Crippen molar-refractivity contribution in [3.05, 3.63) is 17.2 Å². The Kier molecular flexibility index (Phi) is 4.68. The third kappa shape index (κ3) is 2.24. The van der Waals surface area contributed by atoms with Gasteiger partial charge in [0, 0.05) is 0 Å². The van der Waals surface area contributed by atoms with Gasteiger partial charge in [-0.15, -0.1) is 5.10 Å². The predicted octanol–water partition coefficient (Wildman–Crippen LogP) is 1.51. The molecule has 0 unspecified atom stereocenters. The van der Waals surface area contributed by atoms with Gasteiger partial charge in [-0.2, -0.15) is 9.18 Å². The molecule has 80 valence electrons. The third-order valence-corrected chi connectivity index (χ3v) is 1.24. The predicted molar refractivity (Wildman–Crippen MR) is 44.0 cm³/mol. The van der Waals surface area contributed by atoms with Crippen molar-refractivity contribution in [2.24, 2.45) is 0 Å². The van der Waals surface area contributed by atoms with Gasteiger partial charge in [0.25, 0.3) is 6.43 Å². The summed E-state index contributed by atoms with van der Waals surface area (Å²) in [6.45, 7) is 4.00. The minimum Gasteiger partial charge on any atom is -0.320 e. The van der Waals surface area contributed by atoms with Gasteiger partial charge in [-0.25, -0.2) is 8.78 Å². The molecule has 0 amide bonds. The van der Waals surface area contributed by atoms with Crippen LogP contribution in [0, 0.1) is 5.95 Å². The molecule has 0 fully saturated rings. The zero-order chi connectivity index (χ0) is 11.3. The maximum Gasteiger partial charge on any atom is 0.283 e. The van der Waals surface area contributed by atoms with E-state index in [0.29, 0.717) is 0 Å². The smallest absolute Gasteiger partial charge is 0.283 e. The van der Waals surface area contributed by atoms with Gasteiger partial charge in [0.15, 0.2) is 6.29 Å². The minimum absolute atomic E-state index is 0.0484. The Labute approximate surface area is 78.5 Å². The lowest BCUT2D eigenvalue weighted by Crippen LogP contribution is -2.13. The fourth-order valence-electron chi connectivity index (χ4n) is 0.713. The number of carbonyl (C=O) groups excluding carboxylic acids is 1. The second-order valence-electron chi connectivity index (χ2n) is 1.95. The Hall–Kier alpha value is -1.53. The van der Waals surface area contributed by atoms with Crippen LogP contribution < -0.4 is 5.84 Å². The number of aromatic nitrogens is 2. The summed E-state index contributed by atoms with van der Waals surface area (Å²) in [7, 11) is 0. The number of rotatable bonds is 2. The van der Waals surface area contributed by atoms with Crippen molar-refractivity contribution in [1.82, 2.24) is 9.89 Å². The largest absolute Gasteiger partial charge is 0.320 e. The summed E-state index contributed by atoms with van der Waals surface area (Å²) in [5.41, 5.74) is -1.74. The summed E-state index contributed by atoms with van der Waals surface area (Å²) in [6.07, 6.45) is -3.06. The standard InChI is InChI=1S/C5H4F3N3O.C2H6/c6-4(7)3-2(1-12)5(8)11(9)10-3;1-2/h1,4H,9H2;1-2H3. The maximum atomic E-state index is 12.6. The molecule has 0 saturated carbocycles.